The summed E-state index contributed by atoms with van der Waals surface area (Å²) in [6.45, 7) is 0.428. The number of carbonyl (C=O) groups is 1. The lowest BCUT2D eigenvalue weighted by Gasteiger charge is -2.28. The van der Waals surface area contributed by atoms with E-state index in [0.29, 0.717) is 13.1 Å². The molecule has 1 heterocycles. The van der Waals surface area contributed by atoms with Gasteiger partial charge in [-0.05, 0) is 25.3 Å². The number of carbonyl (C=O) groups excluding carboxylic acids is 1. The van der Waals surface area contributed by atoms with Crippen LogP contribution in [0.1, 0.15) is 30.9 Å². The Bertz CT molecular complexity index is 555. The molecule has 1 aliphatic rings. The van der Waals surface area contributed by atoms with Crippen molar-refractivity contribution in [3.63, 3.8) is 0 Å². The van der Waals surface area contributed by atoms with Crippen molar-refractivity contribution >= 4 is 5.91 Å². The van der Waals surface area contributed by atoms with Crippen molar-refractivity contribution in [2.24, 2.45) is 0 Å². The molecule has 128 valence electrons. The van der Waals surface area contributed by atoms with Crippen molar-refractivity contribution in [3.8, 4) is 0 Å². The largest absolute Gasteiger partial charge is 0.408 e. The first-order chi connectivity index (χ1) is 10.8. The number of alkyl halides is 3. The van der Waals surface area contributed by atoms with E-state index in [4.69, 9.17) is 0 Å². The fourth-order valence-electron chi connectivity index (χ4n) is 2.59. The molecule has 1 unspecified atom stereocenters. The van der Waals surface area contributed by atoms with Gasteiger partial charge in [-0.2, -0.15) is 13.2 Å². The third-order valence-electron chi connectivity index (χ3n) is 3.79. The number of nitrogens with zero attached hydrogens (tertiary/aromatic N) is 1. The maximum atomic E-state index is 13.7. The number of benzene rings is 1. The molecule has 1 aromatic carbocycles. The number of piperidine rings is 1. The van der Waals surface area contributed by atoms with E-state index in [0.717, 1.165) is 37.5 Å². The lowest BCUT2D eigenvalue weighted by atomic mass is 10.1. The minimum atomic E-state index is -4.85. The second-order valence-corrected chi connectivity index (χ2v) is 5.44. The van der Waals surface area contributed by atoms with E-state index in [1.807, 2.05) is 5.32 Å². The number of amides is 1. The smallest absolute Gasteiger partial charge is 0.342 e. The number of hydrogen-bond donors (Lipinski definition) is 1. The van der Waals surface area contributed by atoms with Crippen molar-refractivity contribution in [1.82, 2.24) is 10.2 Å². The summed E-state index contributed by atoms with van der Waals surface area (Å²) in [7, 11) is 0. The van der Waals surface area contributed by atoms with E-state index < -0.39 is 41.9 Å². The Hall–Kier alpha value is -1.70. The predicted molar refractivity (Wildman–Crippen MR) is 73.6 cm³/mol. The van der Waals surface area contributed by atoms with Gasteiger partial charge in [-0.15, -0.1) is 0 Å². The molecule has 0 spiro atoms. The molecule has 0 radical (unpaired) electrons. The van der Waals surface area contributed by atoms with Crippen LogP contribution in [-0.4, -0.2) is 36.6 Å². The van der Waals surface area contributed by atoms with Crippen LogP contribution in [0.25, 0.3) is 0 Å². The summed E-state index contributed by atoms with van der Waals surface area (Å²) in [6.07, 6.45) is -2.24. The molecule has 8 heteroatoms. The van der Waals surface area contributed by atoms with Crippen LogP contribution in [0.4, 0.5) is 22.0 Å². The van der Waals surface area contributed by atoms with Crippen LogP contribution in [0.2, 0.25) is 0 Å². The number of likely N-dealkylation sites (tertiary alicyclic amines) is 1. The molecule has 1 N–H and O–H groups in total. The van der Waals surface area contributed by atoms with E-state index in [2.05, 4.69) is 0 Å². The zero-order valence-electron chi connectivity index (χ0n) is 12.3. The van der Waals surface area contributed by atoms with Crippen molar-refractivity contribution < 1.29 is 26.7 Å². The molecule has 0 saturated carbocycles. The van der Waals surface area contributed by atoms with Crippen LogP contribution in [0.5, 0.6) is 0 Å². The second kappa shape index (κ2) is 7.25. The molecule has 2 rings (SSSR count). The van der Waals surface area contributed by atoms with Gasteiger partial charge in [0.05, 0.1) is 6.54 Å². The number of nitrogens with one attached hydrogen (secondary N) is 1. The highest BCUT2D eigenvalue weighted by atomic mass is 19.4. The van der Waals surface area contributed by atoms with Gasteiger partial charge in [0, 0.05) is 18.7 Å². The molecule has 1 aliphatic heterocycles. The molecule has 1 saturated heterocycles. The van der Waals surface area contributed by atoms with Crippen LogP contribution in [0.3, 0.4) is 0 Å². The molecule has 0 aromatic heterocycles. The zero-order valence-corrected chi connectivity index (χ0v) is 12.3. The van der Waals surface area contributed by atoms with Crippen molar-refractivity contribution in [2.45, 2.75) is 31.5 Å². The molecule has 3 nitrogen and oxygen atoms in total. The van der Waals surface area contributed by atoms with Crippen molar-refractivity contribution in [1.29, 1.82) is 0 Å². The summed E-state index contributed by atoms with van der Waals surface area (Å²) in [5.41, 5.74) is -0.857. The highest BCUT2D eigenvalue weighted by molar-refractivity contribution is 5.78. The Kier molecular flexibility index (Phi) is 5.56. The summed E-state index contributed by atoms with van der Waals surface area (Å²) in [5, 5.41) is 2.02. The maximum Gasteiger partial charge on any atom is 0.408 e. The fourth-order valence-corrected chi connectivity index (χ4v) is 2.59. The molecule has 1 aromatic rings. The monoisotopic (exact) mass is 336 g/mol. The molecule has 1 atom stereocenters. The highest BCUT2D eigenvalue weighted by Crippen LogP contribution is 2.34. The van der Waals surface area contributed by atoms with Crippen LogP contribution >= 0.6 is 0 Å². The van der Waals surface area contributed by atoms with Crippen LogP contribution in [0, 0.1) is 11.6 Å². The van der Waals surface area contributed by atoms with E-state index >= 15 is 0 Å². The average Bonchev–Trinajstić information content (AvgIpc) is 2.51. The standard InChI is InChI=1S/C15H17F5N2O/c16-11-6-4-5-10(13(11)17)14(15(18,19)20)21-9-12(23)22-7-2-1-3-8-22/h4-6,14,21H,1-3,7-9H2. The molecule has 0 bridgehead atoms. The van der Waals surface area contributed by atoms with Crippen molar-refractivity contribution in [2.75, 3.05) is 19.6 Å². The van der Waals surface area contributed by atoms with Gasteiger partial charge in [-0.25, -0.2) is 8.78 Å². The summed E-state index contributed by atoms with van der Waals surface area (Å²) in [4.78, 5) is 13.4. The molecule has 1 fully saturated rings. The van der Waals surface area contributed by atoms with Gasteiger partial charge in [0.2, 0.25) is 5.91 Å². The number of hydrogen-bond acceptors (Lipinski definition) is 2. The third kappa shape index (κ3) is 4.40. The van der Waals surface area contributed by atoms with Crippen LogP contribution in [-0.2, 0) is 4.79 Å². The Morgan fingerprint density at radius 3 is 2.43 bits per heavy atom. The average molecular weight is 336 g/mol. The van der Waals surface area contributed by atoms with Gasteiger partial charge in [0.15, 0.2) is 11.6 Å². The lowest BCUT2D eigenvalue weighted by molar-refractivity contribution is -0.159. The Morgan fingerprint density at radius 2 is 1.83 bits per heavy atom. The van der Waals surface area contributed by atoms with Gasteiger partial charge >= 0.3 is 6.18 Å². The Balaban J connectivity index is 2.10. The van der Waals surface area contributed by atoms with Gasteiger partial charge in [-0.3, -0.25) is 10.1 Å². The van der Waals surface area contributed by atoms with E-state index in [1.165, 1.54) is 4.90 Å². The first-order valence-electron chi connectivity index (χ1n) is 7.32. The minimum Gasteiger partial charge on any atom is -0.342 e. The Labute approximate surface area is 130 Å². The SMILES string of the molecule is O=C(CNC(c1cccc(F)c1F)C(F)(F)F)N1CCCCC1. The number of rotatable bonds is 4. The van der Waals surface area contributed by atoms with Gasteiger partial charge in [0.25, 0.3) is 0 Å². The van der Waals surface area contributed by atoms with Crippen LogP contribution in [0.15, 0.2) is 18.2 Å². The van der Waals surface area contributed by atoms with Crippen LogP contribution < -0.4 is 5.32 Å². The van der Waals surface area contributed by atoms with Gasteiger partial charge in [-0.1, -0.05) is 12.1 Å². The topological polar surface area (TPSA) is 32.3 Å². The Morgan fingerprint density at radius 1 is 1.17 bits per heavy atom. The van der Waals surface area contributed by atoms with E-state index in [-0.39, 0.29) is 0 Å². The van der Waals surface area contributed by atoms with Crippen molar-refractivity contribution in [3.05, 3.63) is 35.4 Å². The summed E-state index contributed by atoms with van der Waals surface area (Å²) in [6, 6.07) is 0.160. The summed E-state index contributed by atoms with van der Waals surface area (Å²) in [5.74, 6) is -3.40. The molecular formula is C15H17F5N2O. The fraction of sp³-hybridized carbons (Fsp3) is 0.533. The highest BCUT2D eigenvalue weighted by Gasteiger charge is 2.42. The minimum absolute atomic E-state index is 0.476. The quantitative estimate of drug-likeness (QED) is 0.857. The first kappa shape index (κ1) is 17.7. The van der Waals surface area contributed by atoms with Gasteiger partial charge < -0.3 is 4.90 Å². The molecular weight excluding hydrogens is 319 g/mol. The first-order valence-corrected chi connectivity index (χ1v) is 7.32. The number of halogens is 5. The lowest BCUT2D eigenvalue weighted by Crippen LogP contribution is -2.44. The molecule has 1 amide bonds. The van der Waals surface area contributed by atoms with E-state index in [9.17, 15) is 26.7 Å². The normalized spacial score (nSPS) is 17.2. The summed E-state index contributed by atoms with van der Waals surface area (Å²) >= 11 is 0. The third-order valence-corrected chi connectivity index (χ3v) is 3.79. The van der Waals surface area contributed by atoms with E-state index in [1.54, 1.807) is 0 Å². The zero-order chi connectivity index (χ0) is 17.0. The maximum absolute atomic E-state index is 13.7. The molecule has 23 heavy (non-hydrogen) atoms. The molecule has 0 aliphatic carbocycles. The summed E-state index contributed by atoms with van der Waals surface area (Å²) < 4.78 is 66.2. The second-order valence-electron chi connectivity index (χ2n) is 5.44. The predicted octanol–water partition coefficient (Wildman–Crippen LogP) is 3.17. The van der Waals surface area contributed by atoms with Gasteiger partial charge in [0.1, 0.15) is 6.04 Å².